The maximum atomic E-state index is 11.7. The normalized spacial score (nSPS) is 10.2. The van der Waals surface area contributed by atoms with E-state index < -0.39 is 0 Å². The molecule has 0 aromatic carbocycles. The van der Waals surface area contributed by atoms with Crippen LogP contribution in [0.1, 0.15) is 142 Å². The van der Waals surface area contributed by atoms with Gasteiger partial charge in [-0.2, -0.15) is 0 Å². The van der Waals surface area contributed by atoms with E-state index in [9.17, 15) is 4.79 Å². The minimum atomic E-state index is 0.152. The van der Waals surface area contributed by atoms with Crippen LogP contribution in [-0.2, 0) is 9.53 Å². The van der Waals surface area contributed by atoms with Crippen molar-refractivity contribution in [2.75, 3.05) is 19.8 Å². The van der Waals surface area contributed by atoms with Gasteiger partial charge < -0.3 is 10.1 Å². The Bertz CT molecular complexity index is 535. The molecule has 0 bridgehead atoms. The summed E-state index contributed by atoms with van der Waals surface area (Å²) in [5.41, 5.74) is 0. The SMILES string of the molecule is CCCCCCCCCCCCC#CC#CCCCCCCCCC(=O)NCCOCCC. The number of hydrogen-bond acceptors (Lipinski definition) is 2. The van der Waals surface area contributed by atoms with E-state index in [0.717, 1.165) is 45.1 Å². The van der Waals surface area contributed by atoms with Gasteiger partial charge in [0.1, 0.15) is 0 Å². The average molecular weight is 460 g/mol. The summed E-state index contributed by atoms with van der Waals surface area (Å²) in [6.07, 6.45) is 24.3. The number of carbonyl (C=O) groups excluding carboxylic acids is 1. The Morgan fingerprint density at radius 1 is 0.606 bits per heavy atom. The summed E-state index contributed by atoms with van der Waals surface area (Å²) in [5.74, 6) is 12.6. The largest absolute Gasteiger partial charge is 0.380 e. The van der Waals surface area contributed by atoms with Crippen molar-refractivity contribution in [3.8, 4) is 23.7 Å². The van der Waals surface area contributed by atoms with E-state index >= 15 is 0 Å². The average Bonchev–Trinajstić information content (AvgIpc) is 2.82. The van der Waals surface area contributed by atoms with Crippen LogP contribution in [0.25, 0.3) is 0 Å². The number of rotatable bonds is 23. The second-order valence-electron chi connectivity index (χ2n) is 9.12. The number of amides is 1. The first-order valence-electron chi connectivity index (χ1n) is 14.1. The summed E-state index contributed by atoms with van der Waals surface area (Å²) in [6.45, 7) is 6.38. The zero-order valence-electron chi connectivity index (χ0n) is 22.1. The van der Waals surface area contributed by atoms with E-state index in [4.69, 9.17) is 4.74 Å². The zero-order valence-corrected chi connectivity index (χ0v) is 22.1. The van der Waals surface area contributed by atoms with Gasteiger partial charge in [-0.1, -0.05) is 109 Å². The molecule has 0 spiro atoms. The molecule has 1 N–H and O–H groups in total. The highest BCUT2D eigenvalue weighted by molar-refractivity contribution is 5.75. The zero-order chi connectivity index (χ0) is 24.1. The molecule has 0 heterocycles. The molecule has 0 saturated carbocycles. The Morgan fingerprint density at radius 2 is 1.09 bits per heavy atom. The van der Waals surface area contributed by atoms with Crippen molar-refractivity contribution in [1.29, 1.82) is 0 Å². The van der Waals surface area contributed by atoms with Crippen molar-refractivity contribution in [1.82, 2.24) is 5.32 Å². The lowest BCUT2D eigenvalue weighted by atomic mass is 10.1. The molecule has 0 saturated heterocycles. The maximum Gasteiger partial charge on any atom is 0.220 e. The number of hydrogen-bond donors (Lipinski definition) is 1. The molecule has 0 aromatic heterocycles. The molecule has 3 nitrogen and oxygen atoms in total. The second kappa shape index (κ2) is 28.6. The highest BCUT2D eigenvalue weighted by Crippen LogP contribution is 2.11. The summed E-state index contributed by atoms with van der Waals surface area (Å²) in [4.78, 5) is 11.7. The predicted octanol–water partition coefficient (Wildman–Crippen LogP) is 7.97. The van der Waals surface area contributed by atoms with E-state index in [0.29, 0.717) is 19.6 Å². The molecule has 190 valence electrons. The minimum Gasteiger partial charge on any atom is -0.380 e. The third-order valence-corrected chi connectivity index (χ3v) is 5.77. The van der Waals surface area contributed by atoms with Crippen LogP contribution in [0.5, 0.6) is 0 Å². The lowest BCUT2D eigenvalue weighted by Crippen LogP contribution is -2.27. The van der Waals surface area contributed by atoms with Crippen LogP contribution in [0.2, 0.25) is 0 Å². The van der Waals surface area contributed by atoms with E-state index in [1.54, 1.807) is 0 Å². The molecule has 0 radical (unpaired) electrons. The summed E-state index contributed by atoms with van der Waals surface area (Å²) >= 11 is 0. The fourth-order valence-corrected chi connectivity index (χ4v) is 3.72. The van der Waals surface area contributed by atoms with Crippen LogP contribution >= 0.6 is 0 Å². The van der Waals surface area contributed by atoms with Crippen molar-refractivity contribution in [2.45, 2.75) is 142 Å². The van der Waals surface area contributed by atoms with Crippen LogP contribution < -0.4 is 5.32 Å². The third kappa shape index (κ3) is 28.5. The molecule has 33 heavy (non-hydrogen) atoms. The van der Waals surface area contributed by atoms with Crippen molar-refractivity contribution < 1.29 is 9.53 Å². The van der Waals surface area contributed by atoms with Crippen LogP contribution in [0.15, 0.2) is 0 Å². The second-order valence-corrected chi connectivity index (χ2v) is 9.12. The van der Waals surface area contributed by atoms with E-state index in [1.807, 2.05) is 0 Å². The van der Waals surface area contributed by atoms with Gasteiger partial charge in [-0.05, 0) is 37.5 Å². The van der Waals surface area contributed by atoms with Crippen LogP contribution in [-0.4, -0.2) is 25.7 Å². The Balaban J connectivity index is 3.30. The summed E-state index contributed by atoms with van der Waals surface area (Å²) in [6, 6.07) is 0. The van der Waals surface area contributed by atoms with Gasteiger partial charge in [-0.25, -0.2) is 0 Å². The summed E-state index contributed by atoms with van der Waals surface area (Å²) < 4.78 is 5.35. The van der Waals surface area contributed by atoms with Gasteiger partial charge in [0.2, 0.25) is 5.91 Å². The number of unbranched alkanes of at least 4 members (excludes halogenated alkanes) is 16. The lowest BCUT2D eigenvalue weighted by molar-refractivity contribution is -0.121. The Kier molecular flexibility index (Phi) is 27.3. The molecule has 0 fully saturated rings. The minimum absolute atomic E-state index is 0.152. The van der Waals surface area contributed by atoms with E-state index in [1.165, 1.54) is 83.5 Å². The number of ether oxygens (including phenoxy) is 1. The fourth-order valence-electron chi connectivity index (χ4n) is 3.72. The van der Waals surface area contributed by atoms with Crippen molar-refractivity contribution in [3.05, 3.63) is 0 Å². The molecule has 0 aromatic rings. The molecule has 0 aliphatic rings. The van der Waals surface area contributed by atoms with Gasteiger partial charge in [0, 0.05) is 32.4 Å². The Labute approximate surface area is 206 Å². The molecular formula is C30H53NO2. The molecule has 0 aliphatic heterocycles. The third-order valence-electron chi connectivity index (χ3n) is 5.77. The van der Waals surface area contributed by atoms with Gasteiger partial charge in [0.15, 0.2) is 0 Å². The van der Waals surface area contributed by atoms with Crippen molar-refractivity contribution in [3.63, 3.8) is 0 Å². The molecule has 0 rings (SSSR count). The first-order chi connectivity index (χ1) is 16.3. The van der Waals surface area contributed by atoms with E-state index in [-0.39, 0.29) is 5.91 Å². The van der Waals surface area contributed by atoms with Crippen LogP contribution in [0.3, 0.4) is 0 Å². The van der Waals surface area contributed by atoms with Gasteiger partial charge >= 0.3 is 0 Å². The molecule has 0 atom stereocenters. The highest BCUT2D eigenvalue weighted by atomic mass is 16.5. The van der Waals surface area contributed by atoms with E-state index in [2.05, 4.69) is 42.8 Å². The van der Waals surface area contributed by atoms with Crippen molar-refractivity contribution >= 4 is 5.91 Å². The van der Waals surface area contributed by atoms with Gasteiger partial charge in [-0.3, -0.25) is 4.79 Å². The smallest absolute Gasteiger partial charge is 0.220 e. The Morgan fingerprint density at radius 3 is 1.61 bits per heavy atom. The highest BCUT2D eigenvalue weighted by Gasteiger charge is 2.00. The maximum absolute atomic E-state index is 11.7. The number of carbonyl (C=O) groups is 1. The predicted molar refractivity (Wildman–Crippen MR) is 143 cm³/mol. The standard InChI is InChI=1S/C30H53NO2/c1-3-5-6-7-8-9-10-11-12-13-14-15-16-17-18-19-20-21-22-23-24-25-26-30(32)31-27-29-33-28-4-2/h3-14,19-29H2,1-2H3,(H,31,32). The summed E-state index contributed by atoms with van der Waals surface area (Å²) in [5, 5.41) is 2.92. The van der Waals surface area contributed by atoms with Crippen LogP contribution in [0.4, 0.5) is 0 Å². The molecule has 0 aliphatic carbocycles. The summed E-state index contributed by atoms with van der Waals surface area (Å²) in [7, 11) is 0. The molecular weight excluding hydrogens is 406 g/mol. The van der Waals surface area contributed by atoms with Crippen LogP contribution in [0, 0.1) is 23.7 Å². The van der Waals surface area contributed by atoms with Gasteiger partial charge in [-0.15, -0.1) is 0 Å². The molecule has 0 unspecified atom stereocenters. The Hall–Kier alpha value is -1.45. The van der Waals surface area contributed by atoms with Crippen molar-refractivity contribution in [2.24, 2.45) is 0 Å². The first kappa shape index (κ1) is 31.6. The number of nitrogens with one attached hydrogen (secondary N) is 1. The van der Waals surface area contributed by atoms with Gasteiger partial charge in [0.25, 0.3) is 0 Å². The fraction of sp³-hybridized carbons (Fsp3) is 0.833. The monoisotopic (exact) mass is 459 g/mol. The first-order valence-corrected chi connectivity index (χ1v) is 14.1. The lowest BCUT2D eigenvalue weighted by Gasteiger charge is -2.05. The molecule has 1 amide bonds. The quantitative estimate of drug-likeness (QED) is 0.124. The van der Waals surface area contributed by atoms with Gasteiger partial charge in [0.05, 0.1) is 6.61 Å². The topological polar surface area (TPSA) is 38.3 Å². The molecule has 3 heteroatoms.